The van der Waals surface area contributed by atoms with E-state index >= 15 is 0 Å². The lowest BCUT2D eigenvalue weighted by atomic mass is 9.99. The fraction of sp³-hybridized carbons (Fsp3) is 0.782. The second-order valence-corrected chi connectivity index (χ2v) is 18.0. The minimum absolute atomic E-state index is 0.151. The van der Waals surface area contributed by atoms with E-state index in [1.165, 1.54) is 128 Å². The van der Waals surface area contributed by atoms with Crippen LogP contribution in [0.25, 0.3) is 0 Å². The summed E-state index contributed by atoms with van der Waals surface area (Å²) in [6.45, 7) is 3.28. The number of aliphatic hydroxyl groups excluding tert-OH is 4. The number of carbonyl (C=O) groups excluding carboxylic acids is 2. The quantitative estimate of drug-likeness (QED) is 0.0264. The predicted molar refractivity (Wildman–Crippen MR) is 265 cm³/mol. The minimum atomic E-state index is -1.61. The van der Waals surface area contributed by atoms with Crippen molar-refractivity contribution in [1.82, 2.24) is 0 Å². The van der Waals surface area contributed by atoms with Crippen molar-refractivity contribution in [3.63, 3.8) is 0 Å². The van der Waals surface area contributed by atoms with Crippen LogP contribution < -0.4 is 0 Å². The van der Waals surface area contributed by atoms with Crippen LogP contribution in [-0.4, -0.2) is 89.0 Å². The molecule has 0 spiro atoms. The topological polar surface area (TPSA) is 152 Å². The highest BCUT2D eigenvalue weighted by atomic mass is 16.7. The van der Waals surface area contributed by atoms with Gasteiger partial charge in [0.05, 0.1) is 13.2 Å². The van der Waals surface area contributed by atoms with Gasteiger partial charge in [-0.1, -0.05) is 216 Å². The van der Waals surface area contributed by atoms with Gasteiger partial charge < -0.3 is 39.4 Å². The van der Waals surface area contributed by atoms with E-state index in [0.717, 1.165) is 51.4 Å². The molecule has 0 aromatic carbocycles. The van der Waals surface area contributed by atoms with Crippen molar-refractivity contribution in [2.45, 2.75) is 256 Å². The second kappa shape index (κ2) is 45.2. The molecule has 1 heterocycles. The standard InChI is InChI=1S/C55H96O10/c1-3-5-7-9-11-13-15-17-19-21-22-23-24-25-26-28-29-31-33-35-37-39-41-43-50(57)62-46-48(47-63-55-54(61)53(60)52(59)49(45-56)65-55)64-51(58)44-42-40-38-36-34-32-30-27-20-18-16-14-12-10-8-6-4-2/h6,8,12,14,18,20,30,32,36,38,48-49,52-56,59-61H,3-5,7,9-11,13,15-17,19,21-29,31,33-35,37,39-47H2,1-2H3/b8-6+,14-12+,20-18+,32-30+,38-36+/t48-,49-,52+,53?,54?,55-/m0/s1. The highest BCUT2D eigenvalue weighted by Crippen LogP contribution is 2.23. The predicted octanol–water partition coefficient (Wildman–Crippen LogP) is 12.6. The molecule has 1 fully saturated rings. The van der Waals surface area contributed by atoms with E-state index in [1.807, 2.05) is 6.08 Å². The molecular weight excluding hydrogens is 821 g/mol. The van der Waals surface area contributed by atoms with E-state index in [0.29, 0.717) is 12.8 Å². The first-order valence-corrected chi connectivity index (χ1v) is 26.4. The number of hydrogen-bond donors (Lipinski definition) is 4. The zero-order valence-electron chi connectivity index (χ0n) is 41.2. The molecule has 0 aromatic heterocycles. The third-order valence-corrected chi connectivity index (χ3v) is 11.9. The Labute approximate surface area is 396 Å². The third-order valence-electron chi connectivity index (χ3n) is 11.9. The van der Waals surface area contributed by atoms with Crippen molar-refractivity contribution in [3.05, 3.63) is 60.8 Å². The first-order chi connectivity index (χ1) is 31.8. The number of hydrogen-bond acceptors (Lipinski definition) is 10. The van der Waals surface area contributed by atoms with Gasteiger partial charge >= 0.3 is 11.9 Å². The number of ether oxygens (including phenoxy) is 4. The molecule has 0 bridgehead atoms. The van der Waals surface area contributed by atoms with Gasteiger partial charge in [-0.25, -0.2) is 0 Å². The summed E-state index contributed by atoms with van der Waals surface area (Å²) in [6, 6.07) is 0. The van der Waals surface area contributed by atoms with Gasteiger partial charge in [0.15, 0.2) is 12.4 Å². The minimum Gasteiger partial charge on any atom is -0.462 e. The molecule has 0 aromatic rings. The summed E-state index contributed by atoms with van der Waals surface area (Å²) >= 11 is 0. The van der Waals surface area contributed by atoms with Gasteiger partial charge in [-0.15, -0.1) is 0 Å². The maximum Gasteiger partial charge on any atom is 0.306 e. The van der Waals surface area contributed by atoms with Crippen molar-refractivity contribution >= 4 is 11.9 Å². The molecular formula is C55H96O10. The molecule has 1 aliphatic heterocycles. The molecule has 376 valence electrons. The Morgan fingerprint density at radius 1 is 0.492 bits per heavy atom. The van der Waals surface area contributed by atoms with Gasteiger partial charge in [-0.05, 0) is 51.4 Å². The van der Waals surface area contributed by atoms with E-state index in [4.69, 9.17) is 18.9 Å². The normalized spacial score (nSPS) is 19.8. The zero-order valence-corrected chi connectivity index (χ0v) is 41.2. The molecule has 0 radical (unpaired) electrons. The van der Waals surface area contributed by atoms with Gasteiger partial charge in [0.1, 0.15) is 31.0 Å². The molecule has 0 amide bonds. The Bertz CT molecular complexity index is 1240. The zero-order chi connectivity index (χ0) is 47.3. The van der Waals surface area contributed by atoms with Gasteiger partial charge in [0.2, 0.25) is 0 Å². The summed E-state index contributed by atoms with van der Waals surface area (Å²) < 4.78 is 22.2. The van der Waals surface area contributed by atoms with Crippen molar-refractivity contribution < 1.29 is 49.0 Å². The average molecular weight is 917 g/mol. The summed E-state index contributed by atoms with van der Waals surface area (Å²) in [5, 5.41) is 40.2. The number of allylic oxidation sites excluding steroid dienone is 10. The summed E-state index contributed by atoms with van der Waals surface area (Å²) in [4.78, 5) is 25.4. The Morgan fingerprint density at radius 3 is 1.35 bits per heavy atom. The van der Waals surface area contributed by atoms with E-state index in [9.17, 15) is 30.0 Å². The van der Waals surface area contributed by atoms with Gasteiger partial charge in [-0.3, -0.25) is 9.59 Å². The molecule has 2 unspecified atom stereocenters. The van der Waals surface area contributed by atoms with E-state index in [2.05, 4.69) is 68.5 Å². The Hall–Kier alpha value is -2.60. The molecule has 1 rings (SSSR count). The van der Waals surface area contributed by atoms with Crippen molar-refractivity contribution in [2.75, 3.05) is 19.8 Å². The van der Waals surface area contributed by atoms with E-state index in [-0.39, 0.29) is 32.0 Å². The highest BCUT2D eigenvalue weighted by molar-refractivity contribution is 5.70. The summed E-state index contributed by atoms with van der Waals surface area (Å²) in [5.74, 6) is -0.869. The van der Waals surface area contributed by atoms with Gasteiger partial charge in [0.25, 0.3) is 0 Å². The smallest absolute Gasteiger partial charge is 0.306 e. The Balaban J connectivity index is 2.26. The molecule has 10 heteroatoms. The third kappa shape index (κ3) is 36.2. The van der Waals surface area contributed by atoms with Crippen LogP contribution in [-0.2, 0) is 28.5 Å². The van der Waals surface area contributed by atoms with Crippen LogP contribution in [0.1, 0.15) is 219 Å². The summed E-state index contributed by atoms with van der Waals surface area (Å²) in [7, 11) is 0. The lowest BCUT2D eigenvalue weighted by Gasteiger charge is -2.39. The Morgan fingerprint density at radius 2 is 0.908 bits per heavy atom. The van der Waals surface area contributed by atoms with Crippen LogP contribution in [0.2, 0.25) is 0 Å². The summed E-state index contributed by atoms with van der Waals surface area (Å²) in [5.41, 5.74) is 0. The van der Waals surface area contributed by atoms with Crippen molar-refractivity contribution in [3.8, 4) is 0 Å². The highest BCUT2D eigenvalue weighted by Gasteiger charge is 2.44. The molecule has 6 atom stereocenters. The fourth-order valence-electron chi connectivity index (χ4n) is 7.81. The second-order valence-electron chi connectivity index (χ2n) is 18.0. The molecule has 65 heavy (non-hydrogen) atoms. The maximum atomic E-state index is 12.8. The van der Waals surface area contributed by atoms with Crippen LogP contribution in [0.5, 0.6) is 0 Å². The molecule has 0 aliphatic carbocycles. The molecule has 0 saturated carbocycles. The monoisotopic (exact) mass is 917 g/mol. The van der Waals surface area contributed by atoms with Gasteiger partial charge in [-0.2, -0.15) is 0 Å². The number of esters is 2. The van der Waals surface area contributed by atoms with Crippen LogP contribution >= 0.6 is 0 Å². The fourth-order valence-corrected chi connectivity index (χ4v) is 7.81. The lowest BCUT2D eigenvalue weighted by Crippen LogP contribution is -2.59. The maximum absolute atomic E-state index is 12.8. The summed E-state index contributed by atoms with van der Waals surface area (Å²) in [6.07, 6.45) is 49.6. The van der Waals surface area contributed by atoms with E-state index in [1.54, 1.807) is 0 Å². The van der Waals surface area contributed by atoms with Crippen molar-refractivity contribution in [2.24, 2.45) is 0 Å². The SMILES string of the molecule is CC/C=C/C/C=C/C/C=C/C/C=C/C/C=C/CCCC(=O)O[C@@H](COC(=O)CCCCCCCCCCCCCCCCCCCCCCCCC)CO[C@H]1O[C@@H](CO)[C@@H](O)C(O)C1O. The molecule has 10 nitrogen and oxygen atoms in total. The van der Waals surface area contributed by atoms with Crippen LogP contribution in [0.15, 0.2) is 60.8 Å². The lowest BCUT2D eigenvalue weighted by molar-refractivity contribution is -0.305. The number of unbranched alkanes of at least 4 members (excludes halogenated alkanes) is 23. The van der Waals surface area contributed by atoms with Crippen LogP contribution in [0.4, 0.5) is 0 Å². The average Bonchev–Trinajstić information content (AvgIpc) is 3.30. The first-order valence-electron chi connectivity index (χ1n) is 26.4. The number of rotatable bonds is 44. The van der Waals surface area contributed by atoms with Crippen LogP contribution in [0, 0.1) is 0 Å². The van der Waals surface area contributed by atoms with Gasteiger partial charge in [0, 0.05) is 12.8 Å². The number of carbonyl (C=O) groups is 2. The largest absolute Gasteiger partial charge is 0.462 e. The van der Waals surface area contributed by atoms with E-state index < -0.39 is 49.4 Å². The van der Waals surface area contributed by atoms with Crippen molar-refractivity contribution in [1.29, 1.82) is 0 Å². The first kappa shape index (κ1) is 60.4. The molecule has 1 saturated heterocycles. The molecule has 4 N–H and O–H groups in total. The Kier molecular flexibility index (Phi) is 42.0. The number of aliphatic hydroxyl groups is 4. The molecule has 1 aliphatic rings. The van der Waals surface area contributed by atoms with Crippen LogP contribution in [0.3, 0.4) is 0 Å².